The number of carbonyl (C=O) groups is 1. The molecule has 3 rings (SSSR count). The van der Waals surface area contributed by atoms with Crippen LogP contribution in [0.25, 0.3) is 0 Å². The van der Waals surface area contributed by atoms with Crippen LogP contribution < -0.4 is 9.47 Å². The van der Waals surface area contributed by atoms with E-state index in [1.807, 2.05) is 43.3 Å². The van der Waals surface area contributed by atoms with E-state index in [4.69, 9.17) is 18.7 Å². The summed E-state index contributed by atoms with van der Waals surface area (Å²) in [6, 6.07) is 16.5. The minimum absolute atomic E-state index is 0.159. The third-order valence-corrected chi connectivity index (χ3v) is 4.91. The topological polar surface area (TPSA) is 70.8 Å². The van der Waals surface area contributed by atoms with Crippen molar-refractivity contribution in [2.75, 3.05) is 20.3 Å². The van der Waals surface area contributed by atoms with Crippen molar-refractivity contribution < 1.29 is 23.5 Å². The van der Waals surface area contributed by atoms with Gasteiger partial charge in [0.2, 0.25) is 0 Å². The summed E-state index contributed by atoms with van der Waals surface area (Å²) in [6.45, 7) is 2.28. The van der Waals surface area contributed by atoms with E-state index >= 15 is 0 Å². The first-order valence-electron chi connectivity index (χ1n) is 8.73. The van der Waals surface area contributed by atoms with Crippen molar-refractivity contribution in [1.29, 1.82) is 0 Å². The van der Waals surface area contributed by atoms with Crippen molar-refractivity contribution in [3.63, 3.8) is 0 Å². The summed E-state index contributed by atoms with van der Waals surface area (Å²) >= 11 is 1.51. The summed E-state index contributed by atoms with van der Waals surface area (Å²) in [5, 5.41) is 3.97. The predicted molar refractivity (Wildman–Crippen MR) is 106 cm³/mol. The van der Waals surface area contributed by atoms with Gasteiger partial charge in [-0.05, 0) is 43.3 Å². The molecule has 0 aliphatic carbocycles. The number of thioether (sulfide) groups is 1. The van der Waals surface area contributed by atoms with Crippen LogP contribution in [0.5, 0.6) is 11.5 Å². The molecule has 0 saturated heterocycles. The fourth-order valence-corrected chi connectivity index (χ4v) is 3.36. The molecule has 1 aromatic heterocycles. The zero-order chi connectivity index (χ0) is 19.8. The van der Waals surface area contributed by atoms with Crippen LogP contribution in [-0.4, -0.2) is 31.4 Å². The first-order valence-corrected chi connectivity index (χ1v) is 9.72. The minimum atomic E-state index is -0.377. The van der Waals surface area contributed by atoms with E-state index in [-0.39, 0.29) is 19.2 Å². The largest absolute Gasteiger partial charge is 0.497 e. The number of rotatable bonds is 9. The van der Waals surface area contributed by atoms with Gasteiger partial charge in [0.25, 0.3) is 0 Å². The van der Waals surface area contributed by atoms with Crippen LogP contribution >= 0.6 is 11.8 Å². The van der Waals surface area contributed by atoms with Gasteiger partial charge in [0.05, 0.1) is 18.4 Å². The lowest BCUT2D eigenvalue weighted by molar-refractivity contribution is 0.0446. The van der Waals surface area contributed by atoms with Crippen LogP contribution in [0.3, 0.4) is 0 Å². The minimum Gasteiger partial charge on any atom is -0.497 e. The molecule has 0 bridgehead atoms. The molecule has 0 N–H and O–H groups in total. The Morgan fingerprint density at radius 2 is 1.82 bits per heavy atom. The first-order chi connectivity index (χ1) is 13.7. The second-order valence-electron chi connectivity index (χ2n) is 5.87. The summed E-state index contributed by atoms with van der Waals surface area (Å²) in [7, 11) is 1.61. The van der Waals surface area contributed by atoms with E-state index in [0.717, 1.165) is 22.1 Å². The average molecular weight is 399 g/mol. The highest BCUT2D eigenvalue weighted by atomic mass is 32.2. The van der Waals surface area contributed by atoms with Gasteiger partial charge in [0.1, 0.15) is 30.5 Å². The van der Waals surface area contributed by atoms with Crippen molar-refractivity contribution in [1.82, 2.24) is 5.16 Å². The molecule has 6 nitrogen and oxygen atoms in total. The van der Waals surface area contributed by atoms with Crippen LogP contribution in [0.4, 0.5) is 0 Å². The van der Waals surface area contributed by atoms with E-state index in [2.05, 4.69) is 5.16 Å². The summed E-state index contributed by atoms with van der Waals surface area (Å²) < 4.78 is 21.1. The molecule has 0 fully saturated rings. The number of aryl methyl sites for hydroxylation is 1. The van der Waals surface area contributed by atoms with Crippen molar-refractivity contribution in [3.8, 4) is 11.5 Å². The number of methoxy groups -OCH3 is 1. The Bertz CT molecular complexity index is 907. The number of nitrogens with zero attached hydrogens (tertiary/aromatic N) is 1. The Balaban J connectivity index is 1.49. The van der Waals surface area contributed by atoms with E-state index in [0.29, 0.717) is 17.1 Å². The van der Waals surface area contributed by atoms with Gasteiger partial charge in [-0.25, -0.2) is 4.79 Å². The second kappa shape index (κ2) is 9.85. The molecule has 0 aliphatic rings. The Morgan fingerprint density at radius 1 is 1.07 bits per heavy atom. The number of hydrogen-bond donors (Lipinski definition) is 0. The molecule has 2 aromatic carbocycles. The lowest BCUT2D eigenvalue weighted by atomic mass is 10.2. The van der Waals surface area contributed by atoms with Gasteiger partial charge in [-0.2, -0.15) is 0 Å². The maximum Gasteiger partial charge on any atom is 0.339 e. The van der Waals surface area contributed by atoms with E-state index in [1.54, 1.807) is 25.3 Å². The molecule has 3 aromatic rings. The lowest BCUT2D eigenvalue weighted by Crippen LogP contribution is -2.13. The third kappa shape index (κ3) is 5.53. The molecule has 0 amide bonds. The van der Waals surface area contributed by atoms with Gasteiger partial charge in [0, 0.05) is 16.7 Å². The van der Waals surface area contributed by atoms with E-state index < -0.39 is 0 Å². The molecule has 0 unspecified atom stereocenters. The fourth-order valence-electron chi connectivity index (χ4n) is 2.44. The van der Waals surface area contributed by atoms with Gasteiger partial charge in [-0.3, -0.25) is 0 Å². The molecular weight excluding hydrogens is 378 g/mol. The molecule has 0 saturated carbocycles. The highest BCUT2D eigenvalue weighted by Gasteiger charge is 2.13. The van der Waals surface area contributed by atoms with Gasteiger partial charge < -0.3 is 18.7 Å². The van der Waals surface area contributed by atoms with Crippen LogP contribution in [0.1, 0.15) is 21.8 Å². The predicted octanol–water partition coefficient (Wildman–Crippen LogP) is 4.52. The molecule has 7 heteroatoms. The molecule has 28 heavy (non-hydrogen) atoms. The smallest absolute Gasteiger partial charge is 0.339 e. The lowest BCUT2D eigenvalue weighted by Gasteiger charge is -2.10. The number of aromatic nitrogens is 1. The fraction of sp³-hybridized carbons (Fsp3) is 0.238. The quantitative estimate of drug-likeness (QED) is 0.298. The van der Waals surface area contributed by atoms with Crippen LogP contribution in [0.2, 0.25) is 0 Å². The van der Waals surface area contributed by atoms with Crippen molar-refractivity contribution in [2.45, 2.75) is 17.6 Å². The maximum atomic E-state index is 12.4. The Kier molecular flexibility index (Phi) is 6.97. The number of esters is 1. The standard InChI is InChI=1S/C21H21NO5S/c1-15-13-16(22-27-15)14-28-20-6-4-3-5-19(20)21(23)26-12-11-25-18-9-7-17(24-2)8-10-18/h3-10,13H,11-12,14H2,1-2H3. The maximum absolute atomic E-state index is 12.4. The van der Waals surface area contributed by atoms with E-state index in [9.17, 15) is 4.79 Å². The van der Waals surface area contributed by atoms with E-state index in [1.165, 1.54) is 11.8 Å². The Morgan fingerprint density at radius 3 is 2.54 bits per heavy atom. The van der Waals surface area contributed by atoms with Gasteiger partial charge in [0.15, 0.2) is 0 Å². The highest BCUT2D eigenvalue weighted by molar-refractivity contribution is 7.98. The zero-order valence-corrected chi connectivity index (χ0v) is 16.5. The monoisotopic (exact) mass is 399 g/mol. The van der Waals surface area contributed by atoms with Crippen LogP contribution in [-0.2, 0) is 10.5 Å². The zero-order valence-electron chi connectivity index (χ0n) is 15.7. The molecule has 1 heterocycles. The third-order valence-electron chi connectivity index (χ3n) is 3.80. The molecule has 0 atom stereocenters. The average Bonchev–Trinajstić information content (AvgIpc) is 3.15. The number of benzene rings is 2. The van der Waals surface area contributed by atoms with Gasteiger partial charge >= 0.3 is 5.97 Å². The summed E-state index contributed by atoms with van der Waals surface area (Å²) in [5.74, 6) is 2.45. The molecule has 0 spiro atoms. The Labute approximate surface area is 167 Å². The van der Waals surface area contributed by atoms with Gasteiger partial charge in [-0.1, -0.05) is 17.3 Å². The van der Waals surface area contributed by atoms with Crippen LogP contribution in [0.15, 0.2) is 64.0 Å². The number of hydrogen-bond acceptors (Lipinski definition) is 7. The normalized spacial score (nSPS) is 10.5. The Hall–Kier alpha value is -2.93. The summed E-state index contributed by atoms with van der Waals surface area (Å²) in [5.41, 5.74) is 1.36. The first kappa shape index (κ1) is 19.8. The van der Waals surface area contributed by atoms with Crippen molar-refractivity contribution >= 4 is 17.7 Å². The van der Waals surface area contributed by atoms with Crippen molar-refractivity contribution in [2.24, 2.45) is 0 Å². The molecular formula is C21H21NO5S. The number of ether oxygens (including phenoxy) is 3. The summed E-state index contributed by atoms with van der Waals surface area (Å²) in [6.07, 6.45) is 0. The second-order valence-corrected chi connectivity index (χ2v) is 6.89. The molecule has 0 aliphatic heterocycles. The van der Waals surface area contributed by atoms with Gasteiger partial charge in [-0.15, -0.1) is 11.8 Å². The van der Waals surface area contributed by atoms with Crippen molar-refractivity contribution in [3.05, 3.63) is 71.6 Å². The number of carbonyl (C=O) groups excluding carboxylic acids is 1. The van der Waals surface area contributed by atoms with Crippen LogP contribution in [0, 0.1) is 6.92 Å². The molecule has 0 radical (unpaired) electrons. The summed E-state index contributed by atoms with van der Waals surface area (Å²) in [4.78, 5) is 13.3. The highest BCUT2D eigenvalue weighted by Crippen LogP contribution is 2.26. The SMILES string of the molecule is COc1ccc(OCCOC(=O)c2ccccc2SCc2cc(C)on2)cc1. The molecule has 146 valence electrons.